The van der Waals surface area contributed by atoms with E-state index in [0.717, 1.165) is 11.1 Å². The van der Waals surface area contributed by atoms with Crippen LogP contribution in [0, 0.1) is 0 Å². The van der Waals surface area contributed by atoms with Crippen LogP contribution in [0.1, 0.15) is 11.1 Å². The molecule has 0 spiro atoms. The second-order valence-corrected chi connectivity index (χ2v) is 2.50. The van der Waals surface area contributed by atoms with Crippen molar-refractivity contribution in [2.45, 2.75) is 6.61 Å². The second kappa shape index (κ2) is 6.93. The van der Waals surface area contributed by atoms with Gasteiger partial charge in [0.05, 0.1) is 6.61 Å². The summed E-state index contributed by atoms with van der Waals surface area (Å²) in [6.07, 6.45) is 0. The molecular weight excluding hydrogens is 257 g/mol. The number of nitrogens with zero attached hydrogens (tertiary/aromatic N) is 2. The van der Waals surface area contributed by atoms with Crippen LogP contribution in [0.3, 0.4) is 0 Å². The summed E-state index contributed by atoms with van der Waals surface area (Å²) in [6, 6.07) is 7.00. The van der Waals surface area contributed by atoms with E-state index in [9.17, 15) is 0 Å². The van der Waals surface area contributed by atoms with Gasteiger partial charge in [-0.25, -0.2) is 0 Å². The fourth-order valence-electron chi connectivity index (χ4n) is 0.991. The molecule has 0 bridgehead atoms. The van der Waals surface area contributed by atoms with Gasteiger partial charge in [-0.15, -0.1) is 0 Å². The monoisotopic (exact) mass is 268 g/mol. The van der Waals surface area contributed by atoms with Crippen molar-refractivity contribution in [2.24, 2.45) is 5.16 Å². The Hall–Kier alpha value is -0.446. The van der Waals surface area contributed by atoms with E-state index >= 15 is 0 Å². The molecule has 0 saturated heterocycles. The molecule has 0 fully saturated rings. The van der Waals surface area contributed by atoms with Crippen LogP contribution in [-0.2, 0) is 39.3 Å². The van der Waals surface area contributed by atoms with E-state index in [-0.39, 0.29) is 45.2 Å². The van der Waals surface area contributed by atoms with E-state index in [1.165, 1.54) is 0 Å². The maximum Gasteiger partial charge on any atom is 0.0681 e. The first kappa shape index (κ1) is 13.6. The number of hydrogen-bond acceptors (Lipinski definition) is 3. The third kappa shape index (κ3) is 3.37. The van der Waals surface area contributed by atoms with Crippen LogP contribution in [0.15, 0.2) is 29.4 Å². The van der Waals surface area contributed by atoms with Crippen molar-refractivity contribution in [2.75, 3.05) is 7.05 Å². The molecule has 0 aliphatic heterocycles. The predicted molar refractivity (Wildman–Crippen MR) is 50.0 cm³/mol. The number of benzene rings is 1. The minimum absolute atomic E-state index is 0. The molecule has 0 aromatic heterocycles. The van der Waals surface area contributed by atoms with E-state index < -0.39 is 0 Å². The summed E-state index contributed by atoms with van der Waals surface area (Å²) >= 11 is 0. The molecular formula is C9H11N2O2Y-. The molecule has 14 heavy (non-hydrogen) atoms. The third-order valence-electron chi connectivity index (χ3n) is 1.70. The van der Waals surface area contributed by atoms with Gasteiger partial charge in [0, 0.05) is 32.7 Å². The SMILES string of the molecule is C[N-]/C(=N\O)c1ccc(CO)cc1.[Y]. The molecule has 0 heterocycles. The van der Waals surface area contributed by atoms with Gasteiger partial charge in [-0.05, 0) is 17.0 Å². The molecule has 5 heteroatoms. The van der Waals surface area contributed by atoms with Crippen LogP contribution >= 0.6 is 0 Å². The molecule has 0 saturated carbocycles. The Labute approximate surface area is 108 Å². The van der Waals surface area contributed by atoms with Gasteiger partial charge in [0.25, 0.3) is 0 Å². The largest absolute Gasteiger partial charge is 0.509 e. The van der Waals surface area contributed by atoms with Gasteiger partial charge in [0.1, 0.15) is 0 Å². The third-order valence-corrected chi connectivity index (χ3v) is 1.70. The Morgan fingerprint density at radius 2 is 1.93 bits per heavy atom. The zero-order valence-electron chi connectivity index (χ0n) is 7.88. The topological polar surface area (TPSA) is 66.9 Å². The molecule has 0 atom stereocenters. The molecule has 73 valence electrons. The second-order valence-electron chi connectivity index (χ2n) is 2.50. The van der Waals surface area contributed by atoms with Crippen LogP contribution in [0.4, 0.5) is 0 Å². The first-order chi connectivity index (χ1) is 6.31. The molecule has 1 aromatic carbocycles. The first-order valence-electron chi connectivity index (χ1n) is 3.84. The Bertz CT molecular complexity index is 298. The van der Waals surface area contributed by atoms with Gasteiger partial charge < -0.3 is 15.6 Å². The molecule has 0 amide bonds. The van der Waals surface area contributed by atoms with Crippen LogP contribution in [0.2, 0.25) is 0 Å². The molecule has 4 nitrogen and oxygen atoms in total. The van der Waals surface area contributed by atoms with E-state index in [1.54, 1.807) is 31.3 Å². The van der Waals surface area contributed by atoms with Crippen molar-refractivity contribution in [3.05, 3.63) is 40.7 Å². The van der Waals surface area contributed by atoms with E-state index in [2.05, 4.69) is 10.5 Å². The van der Waals surface area contributed by atoms with Gasteiger partial charge in [0.15, 0.2) is 0 Å². The van der Waals surface area contributed by atoms with Gasteiger partial charge in [-0.3, -0.25) is 5.16 Å². The quantitative estimate of drug-likeness (QED) is 0.367. The number of aliphatic hydroxyl groups is 1. The van der Waals surface area contributed by atoms with Crippen molar-refractivity contribution in [3.8, 4) is 0 Å². The summed E-state index contributed by atoms with van der Waals surface area (Å²) in [4.78, 5) is 0. The van der Waals surface area contributed by atoms with Gasteiger partial charge in [0.2, 0.25) is 0 Å². The zero-order valence-corrected chi connectivity index (χ0v) is 10.7. The summed E-state index contributed by atoms with van der Waals surface area (Å²) in [5, 5.41) is 24.1. The van der Waals surface area contributed by atoms with Crippen LogP contribution < -0.4 is 0 Å². The fraction of sp³-hybridized carbons (Fsp3) is 0.222. The molecule has 0 aliphatic rings. The van der Waals surface area contributed by atoms with Crippen LogP contribution in [-0.4, -0.2) is 23.2 Å². The molecule has 2 N–H and O–H groups in total. The van der Waals surface area contributed by atoms with E-state index in [4.69, 9.17) is 10.3 Å². The molecule has 1 rings (SSSR count). The van der Waals surface area contributed by atoms with E-state index in [0.29, 0.717) is 0 Å². The fourth-order valence-corrected chi connectivity index (χ4v) is 0.991. The zero-order chi connectivity index (χ0) is 9.68. The number of amidine groups is 1. The van der Waals surface area contributed by atoms with Crippen molar-refractivity contribution >= 4 is 5.84 Å². The molecule has 1 radical (unpaired) electrons. The van der Waals surface area contributed by atoms with Gasteiger partial charge in [-0.2, -0.15) is 0 Å². The maximum atomic E-state index is 8.78. The number of aliphatic hydroxyl groups excluding tert-OH is 1. The predicted octanol–water partition coefficient (Wildman–Crippen LogP) is 1.32. The first-order valence-corrected chi connectivity index (χ1v) is 3.84. The summed E-state index contributed by atoms with van der Waals surface area (Å²) in [6.45, 7) is 0.00908. The Kier molecular flexibility index (Phi) is 6.71. The average molecular weight is 268 g/mol. The molecule has 0 aliphatic carbocycles. The van der Waals surface area contributed by atoms with Crippen molar-refractivity contribution in [1.82, 2.24) is 0 Å². The van der Waals surface area contributed by atoms with Crippen molar-refractivity contribution in [1.29, 1.82) is 0 Å². The summed E-state index contributed by atoms with van der Waals surface area (Å²) in [5.41, 5.74) is 1.54. The Morgan fingerprint density at radius 3 is 2.29 bits per heavy atom. The van der Waals surface area contributed by atoms with Gasteiger partial charge >= 0.3 is 0 Å². The smallest absolute Gasteiger partial charge is 0.0681 e. The van der Waals surface area contributed by atoms with Gasteiger partial charge in [-0.1, -0.05) is 31.3 Å². The van der Waals surface area contributed by atoms with Crippen molar-refractivity contribution < 1.29 is 43.0 Å². The molecule has 1 aromatic rings. The van der Waals surface area contributed by atoms with Crippen LogP contribution in [0.25, 0.3) is 5.32 Å². The minimum atomic E-state index is 0. The normalized spacial score (nSPS) is 10.6. The number of rotatable bonds is 2. The number of hydrogen-bond donors (Lipinski definition) is 2. The van der Waals surface area contributed by atoms with Crippen LogP contribution in [0.5, 0.6) is 0 Å². The average Bonchev–Trinajstić information content (AvgIpc) is 2.21. The Balaban J connectivity index is 0.00000169. The Morgan fingerprint density at radius 1 is 1.36 bits per heavy atom. The number of oxime groups is 1. The van der Waals surface area contributed by atoms with Crippen molar-refractivity contribution in [3.63, 3.8) is 0 Å². The summed E-state index contributed by atoms with van der Waals surface area (Å²) in [7, 11) is 1.55. The standard InChI is InChI=1S/C9H11N2O2.Y/c1-10-9(11-13)8-4-2-7(6-12)3-5-8;/h2-5,12H,6H2,1H3,(H-,10,11,13);/q-1;. The molecule has 0 unspecified atom stereocenters. The summed E-state index contributed by atoms with van der Waals surface area (Å²) < 4.78 is 0. The summed E-state index contributed by atoms with van der Waals surface area (Å²) in [5.74, 6) is 0.282. The minimum Gasteiger partial charge on any atom is -0.509 e. The maximum absolute atomic E-state index is 8.78. The van der Waals surface area contributed by atoms with E-state index in [1.807, 2.05) is 0 Å².